The van der Waals surface area contributed by atoms with Crippen LogP contribution < -0.4 is 0 Å². The summed E-state index contributed by atoms with van der Waals surface area (Å²) in [6.45, 7) is 7.58. The number of hydrogen-bond acceptors (Lipinski definition) is 1. The fourth-order valence-electron chi connectivity index (χ4n) is 1.75. The average Bonchev–Trinajstić information content (AvgIpc) is 2.25. The molecular weight excluding hydrogens is 170 g/mol. The lowest BCUT2D eigenvalue weighted by atomic mass is 9.91. The summed E-state index contributed by atoms with van der Waals surface area (Å²) in [5, 5.41) is 0. The minimum atomic E-state index is 0.617. The highest BCUT2D eigenvalue weighted by molar-refractivity contribution is 6.02. The molecule has 0 radical (unpaired) electrons. The van der Waals surface area contributed by atoms with Crippen LogP contribution in [0.1, 0.15) is 40.0 Å². The van der Waals surface area contributed by atoms with Gasteiger partial charge in [0.2, 0.25) is 0 Å². The third kappa shape index (κ3) is 2.83. The van der Waals surface area contributed by atoms with Gasteiger partial charge < -0.3 is 0 Å². The molecule has 0 bridgehead atoms. The molecular formula is C13H21N. The van der Waals surface area contributed by atoms with Crippen LogP contribution in [0.2, 0.25) is 0 Å². The molecule has 0 spiro atoms. The lowest BCUT2D eigenvalue weighted by molar-refractivity contribution is 0.703. The lowest BCUT2D eigenvalue weighted by Crippen LogP contribution is -2.17. The van der Waals surface area contributed by atoms with Crippen molar-refractivity contribution in [3.63, 3.8) is 0 Å². The van der Waals surface area contributed by atoms with Crippen molar-refractivity contribution < 1.29 is 0 Å². The van der Waals surface area contributed by atoms with Crippen molar-refractivity contribution in [2.75, 3.05) is 6.54 Å². The molecule has 1 heteroatoms. The summed E-state index contributed by atoms with van der Waals surface area (Å²) >= 11 is 0. The average molecular weight is 191 g/mol. The number of aliphatic imine (C=N–C) groups is 1. The molecule has 1 aliphatic rings. The highest BCUT2D eigenvalue weighted by Crippen LogP contribution is 2.21. The van der Waals surface area contributed by atoms with Crippen molar-refractivity contribution in [3.8, 4) is 0 Å². The summed E-state index contributed by atoms with van der Waals surface area (Å²) in [5.74, 6) is 0.617. The first-order valence-corrected chi connectivity index (χ1v) is 5.66. The molecule has 1 nitrogen and oxygen atoms in total. The van der Waals surface area contributed by atoms with Crippen LogP contribution in [-0.2, 0) is 0 Å². The van der Waals surface area contributed by atoms with Crippen molar-refractivity contribution in [1.82, 2.24) is 0 Å². The van der Waals surface area contributed by atoms with Gasteiger partial charge in [0.25, 0.3) is 0 Å². The maximum atomic E-state index is 4.65. The minimum absolute atomic E-state index is 0.617. The van der Waals surface area contributed by atoms with Crippen LogP contribution >= 0.6 is 0 Å². The second-order valence-corrected chi connectivity index (χ2v) is 3.90. The van der Waals surface area contributed by atoms with Gasteiger partial charge in [-0.05, 0) is 37.7 Å². The molecule has 0 aromatic heterocycles. The molecule has 0 saturated heterocycles. The zero-order valence-electron chi connectivity index (χ0n) is 9.59. The maximum Gasteiger partial charge on any atom is 0.0408 e. The van der Waals surface area contributed by atoms with Gasteiger partial charge in [0.05, 0.1) is 0 Å². The fourth-order valence-corrected chi connectivity index (χ4v) is 1.75. The van der Waals surface area contributed by atoms with Crippen molar-refractivity contribution in [1.29, 1.82) is 0 Å². The van der Waals surface area contributed by atoms with Crippen LogP contribution in [0.5, 0.6) is 0 Å². The van der Waals surface area contributed by atoms with E-state index >= 15 is 0 Å². The van der Waals surface area contributed by atoms with Crippen molar-refractivity contribution in [3.05, 3.63) is 23.8 Å². The van der Waals surface area contributed by atoms with Crippen LogP contribution in [0.3, 0.4) is 0 Å². The highest BCUT2D eigenvalue weighted by atomic mass is 14.8. The molecule has 0 amide bonds. The SMILES string of the molecule is CC=C/C=C1/CCCN=C1C(C)CC. The lowest BCUT2D eigenvalue weighted by Gasteiger charge is -2.20. The zero-order chi connectivity index (χ0) is 10.4. The summed E-state index contributed by atoms with van der Waals surface area (Å²) in [7, 11) is 0. The van der Waals surface area contributed by atoms with E-state index in [0.29, 0.717) is 5.92 Å². The van der Waals surface area contributed by atoms with E-state index in [0.717, 1.165) is 6.54 Å². The summed E-state index contributed by atoms with van der Waals surface area (Å²) in [4.78, 5) is 4.65. The highest BCUT2D eigenvalue weighted by Gasteiger charge is 2.15. The Balaban J connectivity index is 2.82. The second-order valence-electron chi connectivity index (χ2n) is 3.90. The van der Waals surface area contributed by atoms with Crippen LogP contribution in [0.4, 0.5) is 0 Å². The molecule has 1 unspecified atom stereocenters. The Bertz CT molecular complexity index is 258. The van der Waals surface area contributed by atoms with Gasteiger partial charge >= 0.3 is 0 Å². The predicted octanol–water partition coefficient (Wildman–Crippen LogP) is 3.77. The van der Waals surface area contributed by atoms with Gasteiger partial charge in [-0.15, -0.1) is 0 Å². The molecule has 1 heterocycles. The Kier molecular flexibility index (Phi) is 4.64. The number of allylic oxidation sites excluding steroid dienone is 4. The molecule has 14 heavy (non-hydrogen) atoms. The summed E-state index contributed by atoms with van der Waals surface area (Å²) in [6.07, 6.45) is 10.0. The Hall–Kier alpha value is -0.850. The molecule has 78 valence electrons. The molecule has 0 aliphatic carbocycles. The fraction of sp³-hybridized carbons (Fsp3) is 0.615. The van der Waals surface area contributed by atoms with Crippen LogP contribution in [0, 0.1) is 5.92 Å². The van der Waals surface area contributed by atoms with Crippen molar-refractivity contribution in [2.24, 2.45) is 10.9 Å². The van der Waals surface area contributed by atoms with Crippen molar-refractivity contribution in [2.45, 2.75) is 40.0 Å². The quantitative estimate of drug-likeness (QED) is 0.644. The van der Waals surface area contributed by atoms with E-state index in [1.807, 2.05) is 0 Å². The van der Waals surface area contributed by atoms with Crippen LogP contribution in [0.25, 0.3) is 0 Å². The first kappa shape index (κ1) is 11.2. The normalized spacial score (nSPS) is 22.8. The molecule has 0 fully saturated rings. The smallest absolute Gasteiger partial charge is 0.0408 e. The number of hydrogen-bond donors (Lipinski definition) is 0. The third-order valence-corrected chi connectivity index (χ3v) is 2.78. The minimum Gasteiger partial charge on any atom is -0.289 e. The Morgan fingerprint density at radius 2 is 2.29 bits per heavy atom. The zero-order valence-corrected chi connectivity index (χ0v) is 9.59. The Labute approximate surface area is 87.6 Å². The van der Waals surface area contributed by atoms with E-state index in [2.05, 4.69) is 44.0 Å². The summed E-state index contributed by atoms with van der Waals surface area (Å²) in [5.41, 5.74) is 2.79. The van der Waals surface area contributed by atoms with Gasteiger partial charge in [0, 0.05) is 12.3 Å². The van der Waals surface area contributed by atoms with E-state index in [1.54, 1.807) is 0 Å². The number of rotatable bonds is 3. The van der Waals surface area contributed by atoms with Gasteiger partial charge in [0.1, 0.15) is 0 Å². The monoisotopic (exact) mass is 191 g/mol. The number of nitrogens with zero attached hydrogens (tertiary/aromatic N) is 1. The van der Waals surface area contributed by atoms with Gasteiger partial charge in [-0.1, -0.05) is 32.1 Å². The first-order valence-electron chi connectivity index (χ1n) is 5.66. The standard InChI is InChI=1S/C13H21N/c1-4-6-8-12-9-7-10-14-13(12)11(3)5-2/h4,6,8,11H,5,7,9-10H2,1-3H3/b6-4?,12-8-. The third-order valence-electron chi connectivity index (χ3n) is 2.78. The van der Waals surface area contributed by atoms with Gasteiger partial charge in [-0.25, -0.2) is 0 Å². The van der Waals surface area contributed by atoms with Crippen LogP contribution in [0.15, 0.2) is 28.8 Å². The van der Waals surface area contributed by atoms with Crippen LogP contribution in [-0.4, -0.2) is 12.3 Å². The topological polar surface area (TPSA) is 12.4 Å². The van der Waals surface area contributed by atoms with Gasteiger partial charge in [0.15, 0.2) is 0 Å². The Morgan fingerprint density at radius 1 is 1.50 bits per heavy atom. The summed E-state index contributed by atoms with van der Waals surface area (Å²) in [6, 6.07) is 0. The van der Waals surface area contributed by atoms with Crippen molar-refractivity contribution >= 4 is 5.71 Å². The Morgan fingerprint density at radius 3 is 2.93 bits per heavy atom. The molecule has 1 rings (SSSR count). The second kappa shape index (κ2) is 5.79. The summed E-state index contributed by atoms with van der Waals surface area (Å²) < 4.78 is 0. The molecule has 0 aromatic rings. The van der Waals surface area contributed by atoms with E-state index in [-0.39, 0.29) is 0 Å². The largest absolute Gasteiger partial charge is 0.289 e. The van der Waals surface area contributed by atoms with E-state index < -0.39 is 0 Å². The molecule has 1 aliphatic heterocycles. The van der Waals surface area contributed by atoms with Gasteiger partial charge in [-0.3, -0.25) is 4.99 Å². The van der Waals surface area contributed by atoms with E-state index in [4.69, 9.17) is 0 Å². The van der Waals surface area contributed by atoms with Gasteiger partial charge in [-0.2, -0.15) is 0 Å². The van der Waals surface area contributed by atoms with E-state index in [1.165, 1.54) is 30.5 Å². The molecule has 0 saturated carbocycles. The predicted molar refractivity (Wildman–Crippen MR) is 63.9 cm³/mol. The molecule has 0 N–H and O–H groups in total. The maximum absolute atomic E-state index is 4.65. The molecule has 1 atom stereocenters. The van der Waals surface area contributed by atoms with E-state index in [9.17, 15) is 0 Å². The first-order chi connectivity index (χ1) is 6.79. The molecule has 0 aromatic carbocycles.